The van der Waals surface area contributed by atoms with Crippen molar-refractivity contribution in [3.8, 4) is 0 Å². The Balaban J connectivity index is 0. The van der Waals surface area contributed by atoms with Gasteiger partial charge in [0.2, 0.25) is 0 Å². The zero-order valence-electron chi connectivity index (χ0n) is 23.9. The summed E-state index contributed by atoms with van der Waals surface area (Å²) in [5, 5.41) is 0. The third-order valence-electron chi connectivity index (χ3n) is 5.60. The molecule has 0 aliphatic heterocycles. The second-order valence-corrected chi connectivity index (χ2v) is 8.68. The van der Waals surface area contributed by atoms with Crippen LogP contribution in [0.3, 0.4) is 0 Å². The van der Waals surface area contributed by atoms with E-state index < -0.39 is 0 Å². The summed E-state index contributed by atoms with van der Waals surface area (Å²) in [5.41, 5.74) is 13.3. The van der Waals surface area contributed by atoms with Crippen molar-refractivity contribution >= 4 is 0 Å². The normalized spacial score (nSPS) is 13.1. The Morgan fingerprint density at radius 3 is 1.66 bits per heavy atom. The van der Waals surface area contributed by atoms with Gasteiger partial charge in [-0.1, -0.05) is 98.9 Å². The average Bonchev–Trinajstić information content (AvgIpc) is 2.73. The number of hydrogen-bond donors (Lipinski definition) is 0. The molecule has 1 atom stereocenters. The van der Waals surface area contributed by atoms with E-state index in [1.165, 1.54) is 56.5 Å². The van der Waals surface area contributed by atoms with Crippen molar-refractivity contribution < 1.29 is 0 Å². The zero-order valence-corrected chi connectivity index (χ0v) is 23.9. The maximum Gasteiger partial charge on any atom is 0.0349 e. The highest BCUT2D eigenvalue weighted by Gasteiger charge is 2.27. The largest absolute Gasteiger partial charge is 0.0958 e. The molecule has 0 bridgehead atoms. The molecule has 0 saturated carbocycles. The summed E-state index contributed by atoms with van der Waals surface area (Å²) in [7, 11) is 0. The second-order valence-electron chi connectivity index (χ2n) is 8.68. The molecule has 0 heteroatoms. The van der Waals surface area contributed by atoms with E-state index in [-0.39, 0.29) is 5.92 Å². The average molecular weight is 437 g/mol. The van der Waals surface area contributed by atoms with Gasteiger partial charge >= 0.3 is 0 Å². The molecule has 0 nitrogen and oxygen atoms in total. The molecule has 0 aliphatic rings. The fourth-order valence-corrected chi connectivity index (χ4v) is 3.89. The molecule has 1 aromatic carbocycles. The van der Waals surface area contributed by atoms with Gasteiger partial charge in [-0.2, -0.15) is 0 Å². The molecule has 0 amide bonds. The highest BCUT2D eigenvalue weighted by atomic mass is 14.3. The quantitative estimate of drug-likeness (QED) is 0.389. The van der Waals surface area contributed by atoms with Gasteiger partial charge in [-0.3, -0.25) is 0 Å². The number of allylic oxidation sites excluding steroid dienone is 9. The number of hydrogen-bond acceptors (Lipinski definition) is 0. The van der Waals surface area contributed by atoms with Crippen molar-refractivity contribution in [2.75, 3.05) is 0 Å². The first kappa shape index (κ1) is 32.1. The third-order valence-corrected chi connectivity index (χ3v) is 5.60. The molecule has 0 radical (unpaired) electrons. The van der Waals surface area contributed by atoms with Crippen molar-refractivity contribution in [3.63, 3.8) is 0 Å². The first-order valence-corrected chi connectivity index (χ1v) is 12.4. The monoisotopic (exact) mass is 436 g/mol. The Bertz CT molecular complexity index is 846. The molecule has 0 N–H and O–H groups in total. The summed E-state index contributed by atoms with van der Waals surface area (Å²) >= 11 is 0. The maximum atomic E-state index is 4.35. The summed E-state index contributed by atoms with van der Waals surface area (Å²) in [6.07, 6.45) is 5.69. The van der Waals surface area contributed by atoms with E-state index in [9.17, 15) is 0 Å². The fourth-order valence-electron chi connectivity index (χ4n) is 3.89. The van der Waals surface area contributed by atoms with Crippen molar-refractivity contribution in [1.29, 1.82) is 0 Å². The molecule has 0 fully saturated rings. The van der Waals surface area contributed by atoms with Crippen LogP contribution in [-0.4, -0.2) is 0 Å². The Kier molecular flexibility index (Phi) is 16.6. The Labute approximate surface area is 201 Å². The van der Waals surface area contributed by atoms with Gasteiger partial charge in [0.15, 0.2) is 0 Å². The van der Waals surface area contributed by atoms with E-state index >= 15 is 0 Å². The molecule has 0 aliphatic carbocycles. The van der Waals surface area contributed by atoms with Crippen molar-refractivity contribution in [1.82, 2.24) is 0 Å². The predicted octanol–water partition coefficient (Wildman–Crippen LogP) is 11.0. The lowest BCUT2D eigenvalue weighted by molar-refractivity contribution is 0.888. The number of aryl methyl sites for hydroxylation is 2. The van der Waals surface area contributed by atoms with Crippen LogP contribution >= 0.6 is 0 Å². The van der Waals surface area contributed by atoms with Gasteiger partial charge in [-0.05, 0) is 97.1 Å². The molecule has 0 spiro atoms. The molecular formula is C32H52. The SMILES string of the molecule is C=C(C)C(=C(C)C)C(C(=C(C)/C(C)=C\C)/C(C)=C/C)c1ccc(C)cc1C.CC.CCC. The lowest BCUT2D eigenvalue weighted by atomic mass is 9.73. The molecule has 0 aromatic heterocycles. The van der Waals surface area contributed by atoms with E-state index in [1.54, 1.807) is 0 Å². The van der Waals surface area contributed by atoms with Crippen LogP contribution in [0.15, 0.2) is 75.9 Å². The van der Waals surface area contributed by atoms with Gasteiger partial charge in [-0.15, -0.1) is 0 Å². The van der Waals surface area contributed by atoms with Crippen LogP contribution in [0.5, 0.6) is 0 Å². The molecule has 0 heterocycles. The van der Waals surface area contributed by atoms with E-state index in [0.717, 1.165) is 5.57 Å². The smallest absolute Gasteiger partial charge is 0.0349 e. The lowest BCUT2D eigenvalue weighted by Gasteiger charge is -2.30. The summed E-state index contributed by atoms with van der Waals surface area (Å²) < 4.78 is 0. The van der Waals surface area contributed by atoms with Crippen molar-refractivity contribution in [3.05, 3.63) is 92.6 Å². The zero-order chi connectivity index (χ0) is 25.6. The highest BCUT2D eigenvalue weighted by Crippen LogP contribution is 2.43. The van der Waals surface area contributed by atoms with Crippen molar-refractivity contribution in [2.45, 2.75) is 109 Å². The van der Waals surface area contributed by atoms with E-state index in [4.69, 9.17) is 0 Å². The fraction of sp³-hybridized carbons (Fsp3) is 0.500. The van der Waals surface area contributed by atoms with E-state index in [2.05, 4.69) is 120 Å². The second kappa shape index (κ2) is 16.5. The first-order valence-electron chi connectivity index (χ1n) is 12.4. The highest BCUT2D eigenvalue weighted by molar-refractivity contribution is 5.58. The van der Waals surface area contributed by atoms with Gasteiger partial charge in [-0.25, -0.2) is 0 Å². The van der Waals surface area contributed by atoms with E-state index in [1.807, 2.05) is 13.8 Å². The van der Waals surface area contributed by atoms with Crippen LogP contribution in [-0.2, 0) is 0 Å². The number of benzene rings is 1. The molecule has 180 valence electrons. The van der Waals surface area contributed by atoms with Gasteiger partial charge in [0.05, 0.1) is 0 Å². The Morgan fingerprint density at radius 2 is 1.31 bits per heavy atom. The van der Waals surface area contributed by atoms with Crippen LogP contribution in [0.4, 0.5) is 0 Å². The Hall–Kier alpha value is -2.08. The molecular weight excluding hydrogens is 384 g/mol. The molecule has 1 rings (SSSR count). The van der Waals surface area contributed by atoms with E-state index in [0.29, 0.717) is 0 Å². The van der Waals surface area contributed by atoms with Gasteiger partial charge in [0.25, 0.3) is 0 Å². The minimum Gasteiger partial charge on any atom is -0.0958 e. The molecule has 1 unspecified atom stereocenters. The molecule has 0 saturated heterocycles. The van der Waals surface area contributed by atoms with Crippen LogP contribution < -0.4 is 0 Å². The minimum atomic E-state index is 0.194. The maximum absolute atomic E-state index is 4.35. The number of rotatable bonds is 6. The van der Waals surface area contributed by atoms with Crippen molar-refractivity contribution in [2.24, 2.45) is 0 Å². The first-order chi connectivity index (χ1) is 15.0. The lowest BCUT2D eigenvalue weighted by Crippen LogP contribution is -2.13. The minimum absolute atomic E-state index is 0.194. The van der Waals surface area contributed by atoms with Crippen LogP contribution in [0.25, 0.3) is 0 Å². The van der Waals surface area contributed by atoms with Crippen LogP contribution in [0, 0.1) is 13.8 Å². The summed E-state index contributed by atoms with van der Waals surface area (Å²) in [6.45, 7) is 34.5. The Morgan fingerprint density at radius 1 is 0.844 bits per heavy atom. The van der Waals surface area contributed by atoms with Gasteiger partial charge < -0.3 is 0 Å². The molecule has 32 heavy (non-hydrogen) atoms. The summed E-state index contributed by atoms with van der Waals surface area (Å²) in [6, 6.07) is 6.84. The third kappa shape index (κ3) is 9.19. The predicted molar refractivity (Wildman–Crippen MR) is 151 cm³/mol. The molecule has 1 aromatic rings. The van der Waals surface area contributed by atoms with Crippen LogP contribution in [0.2, 0.25) is 0 Å². The standard InChI is InChI=1S/C27H38.C3H8.C2H6/c1-12-20(8)23(11)26(21(9)13-2)27(25(17(3)4)18(5)6)24-15-14-19(7)16-22(24)10;1-3-2;1-2/h12-16,27H,3H2,1-2,4-11H3;3H2,1-2H3;1-2H3/b20-12-,21-13+,26-23+;;. The van der Waals surface area contributed by atoms with Crippen LogP contribution in [0.1, 0.15) is 112 Å². The summed E-state index contributed by atoms with van der Waals surface area (Å²) in [5.74, 6) is 0.194. The van der Waals surface area contributed by atoms with Gasteiger partial charge in [0.1, 0.15) is 0 Å². The van der Waals surface area contributed by atoms with Gasteiger partial charge in [0, 0.05) is 5.92 Å². The summed E-state index contributed by atoms with van der Waals surface area (Å²) in [4.78, 5) is 0. The topological polar surface area (TPSA) is 0 Å².